The number of rotatable bonds is 4. The molecule has 0 bridgehead atoms. The first-order chi connectivity index (χ1) is 11.2. The maximum Gasteiger partial charge on any atom is 0.305 e. The Kier molecular flexibility index (Phi) is 65.9. The Morgan fingerprint density at radius 3 is 0.778 bits per heavy atom. The molecule has 0 saturated carbocycles. The standard InChI is InChI=1S/2C4H8O2.2C4H8OS.3CH4/c2*1-3-4(5)6-2;2*1-3-4(6)5-2;;;/h4*3H2,1-2H3;3*1H4. The van der Waals surface area contributed by atoms with E-state index in [-0.39, 0.29) is 34.2 Å². The van der Waals surface area contributed by atoms with E-state index in [0.717, 1.165) is 12.8 Å². The van der Waals surface area contributed by atoms with Crippen LogP contribution < -0.4 is 0 Å². The van der Waals surface area contributed by atoms with E-state index in [1.54, 1.807) is 28.1 Å². The van der Waals surface area contributed by atoms with Gasteiger partial charge < -0.3 is 18.9 Å². The fourth-order valence-corrected chi connectivity index (χ4v) is 0.577. The molecule has 0 unspecified atom stereocenters. The third kappa shape index (κ3) is 58.9. The van der Waals surface area contributed by atoms with Crippen LogP contribution in [0.1, 0.15) is 75.7 Å². The molecule has 0 heterocycles. The number of hydrogen-bond donors (Lipinski definition) is 0. The predicted octanol–water partition coefficient (Wildman–Crippen LogP) is 5.79. The monoisotopic (exact) mass is 432 g/mol. The van der Waals surface area contributed by atoms with E-state index in [2.05, 4.69) is 43.4 Å². The van der Waals surface area contributed by atoms with Crippen molar-refractivity contribution in [1.82, 2.24) is 0 Å². The van der Waals surface area contributed by atoms with Gasteiger partial charge in [0.05, 0.1) is 28.4 Å². The van der Waals surface area contributed by atoms with Crippen LogP contribution in [-0.4, -0.2) is 50.5 Å². The van der Waals surface area contributed by atoms with Gasteiger partial charge in [0.15, 0.2) is 10.1 Å². The van der Waals surface area contributed by atoms with Crippen molar-refractivity contribution in [3.8, 4) is 0 Å². The van der Waals surface area contributed by atoms with Crippen molar-refractivity contribution < 1.29 is 28.5 Å². The largest absolute Gasteiger partial charge is 0.490 e. The topological polar surface area (TPSA) is 71.1 Å². The first-order valence-electron chi connectivity index (χ1n) is 7.51. The molecule has 0 radical (unpaired) electrons. The highest BCUT2D eigenvalue weighted by Crippen LogP contribution is 1.82. The molecule has 0 N–H and O–H groups in total. The molecule has 0 rings (SSSR count). The SMILES string of the molecule is C.C.C.CCC(=O)OC.CCC(=O)OC.CCC(=S)OC.CCC(=S)OC. The van der Waals surface area contributed by atoms with E-state index in [1.165, 1.54) is 14.2 Å². The highest BCUT2D eigenvalue weighted by molar-refractivity contribution is 7.80. The zero-order valence-corrected chi connectivity index (χ0v) is 17.7. The quantitative estimate of drug-likeness (QED) is 0.408. The lowest BCUT2D eigenvalue weighted by Gasteiger charge is -1.91. The van der Waals surface area contributed by atoms with Gasteiger partial charge >= 0.3 is 11.9 Å². The Balaban J connectivity index is -0.0000000381. The third-order valence-corrected chi connectivity index (χ3v) is 2.98. The fraction of sp³-hybridized carbons (Fsp3) is 0.789. The first-order valence-corrected chi connectivity index (χ1v) is 8.33. The summed E-state index contributed by atoms with van der Waals surface area (Å²) in [5, 5.41) is 1.35. The zero-order valence-electron chi connectivity index (χ0n) is 16.1. The van der Waals surface area contributed by atoms with Gasteiger partial charge in [-0.15, -0.1) is 0 Å². The lowest BCUT2D eigenvalue weighted by Crippen LogP contribution is -1.94. The van der Waals surface area contributed by atoms with Gasteiger partial charge in [0.2, 0.25) is 0 Å². The second kappa shape index (κ2) is 39.7. The summed E-state index contributed by atoms with van der Waals surface area (Å²) >= 11 is 9.27. The highest BCUT2D eigenvalue weighted by Gasteiger charge is 1.88. The summed E-state index contributed by atoms with van der Waals surface area (Å²) in [4.78, 5) is 19.9. The van der Waals surface area contributed by atoms with Crippen LogP contribution in [0.25, 0.3) is 0 Å². The Morgan fingerprint density at radius 1 is 0.556 bits per heavy atom. The fourth-order valence-electron chi connectivity index (χ4n) is 0.577. The molecule has 8 heteroatoms. The number of methoxy groups -OCH3 is 4. The summed E-state index contributed by atoms with van der Waals surface area (Å²) in [5.74, 6) is -0.315. The minimum atomic E-state index is -0.157. The number of carbonyl (C=O) groups excluding carboxylic acids is 2. The maximum atomic E-state index is 9.96. The molecule has 0 aliphatic carbocycles. The second-order valence-electron chi connectivity index (χ2n) is 3.72. The van der Waals surface area contributed by atoms with Gasteiger partial charge in [-0.1, -0.05) is 50.0 Å². The van der Waals surface area contributed by atoms with Crippen LogP contribution in [0.15, 0.2) is 0 Å². The van der Waals surface area contributed by atoms with Gasteiger partial charge in [-0.05, 0) is 24.4 Å². The lowest BCUT2D eigenvalue weighted by molar-refractivity contribution is -0.141. The van der Waals surface area contributed by atoms with Gasteiger partial charge in [0.25, 0.3) is 0 Å². The molecule has 0 aliphatic heterocycles. The van der Waals surface area contributed by atoms with E-state index in [9.17, 15) is 9.59 Å². The van der Waals surface area contributed by atoms with Crippen molar-refractivity contribution in [1.29, 1.82) is 0 Å². The first kappa shape index (κ1) is 44.8. The van der Waals surface area contributed by atoms with Crippen molar-refractivity contribution >= 4 is 46.5 Å². The summed E-state index contributed by atoms with van der Waals surface area (Å²) in [6.45, 7) is 7.44. The van der Waals surface area contributed by atoms with E-state index in [0.29, 0.717) is 22.9 Å². The van der Waals surface area contributed by atoms with Crippen LogP contribution in [0, 0.1) is 0 Å². The molecule has 0 aliphatic rings. The van der Waals surface area contributed by atoms with Crippen LogP contribution in [0.4, 0.5) is 0 Å². The third-order valence-electron chi connectivity index (χ3n) is 2.07. The molecule has 6 nitrogen and oxygen atoms in total. The molecule has 27 heavy (non-hydrogen) atoms. The normalized spacial score (nSPS) is 6.81. The van der Waals surface area contributed by atoms with Crippen molar-refractivity contribution in [3.05, 3.63) is 0 Å². The maximum absolute atomic E-state index is 9.96. The Morgan fingerprint density at radius 2 is 0.778 bits per heavy atom. The van der Waals surface area contributed by atoms with Gasteiger partial charge in [-0.3, -0.25) is 9.59 Å². The molecule has 0 aromatic heterocycles. The number of carbonyl (C=O) groups is 2. The lowest BCUT2D eigenvalue weighted by atomic mass is 10.5. The van der Waals surface area contributed by atoms with E-state index in [4.69, 9.17) is 0 Å². The second-order valence-corrected chi connectivity index (χ2v) is 4.63. The molecule has 0 fully saturated rings. The summed E-state index contributed by atoms with van der Waals surface area (Å²) in [6.07, 6.45) is 2.62. The van der Waals surface area contributed by atoms with Crippen LogP contribution in [-0.2, 0) is 28.5 Å². The number of ether oxygens (including phenoxy) is 4. The zero-order chi connectivity index (χ0) is 20.0. The van der Waals surface area contributed by atoms with E-state index >= 15 is 0 Å². The van der Waals surface area contributed by atoms with Crippen molar-refractivity contribution in [2.24, 2.45) is 0 Å². The van der Waals surface area contributed by atoms with Gasteiger partial charge in [-0.2, -0.15) is 0 Å². The van der Waals surface area contributed by atoms with Crippen molar-refractivity contribution in [3.63, 3.8) is 0 Å². The van der Waals surface area contributed by atoms with Gasteiger partial charge in [0, 0.05) is 25.7 Å². The van der Waals surface area contributed by atoms with Crippen molar-refractivity contribution in [2.45, 2.75) is 75.7 Å². The average molecular weight is 433 g/mol. The molecule has 0 amide bonds. The van der Waals surface area contributed by atoms with Crippen LogP contribution in [0.2, 0.25) is 0 Å². The number of hydrogen-bond acceptors (Lipinski definition) is 8. The molecular formula is C19H44O6S2. The molecule has 0 spiro atoms. The molecular weight excluding hydrogens is 388 g/mol. The van der Waals surface area contributed by atoms with Crippen LogP contribution >= 0.6 is 24.4 Å². The Labute approximate surface area is 179 Å². The summed E-state index contributed by atoms with van der Waals surface area (Å²) in [7, 11) is 5.94. The minimum absolute atomic E-state index is 0. The summed E-state index contributed by atoms with van der Waals surface area (Å²) in [6, 6.07) is 0. The predicted molar refractivity (Wildman–Crippen MR) is 125 cm³/mol. The summed E-state index contributed by atoms with van der Waals surface area (Å²) < 4.78 is 17.8. The smallest absolute Gasteiger partial charge is 0.305 e. The van der Waals surface area contributed by atoms with E-state index in [1.807, 2.05) is 13.8 Å². The molecule has 0 aromatic rings. The average Bonchev–Trinajstić information content (AvgIpc) is 2.66. The molecule has 0 atom stereocenters. The van der Waals surface area contributed by atoms with E-state index < -0.39 is 0 Å². The molecule has 168 valence electrons. The highest BCUT2D eigenvalue weighted by atomic mass is 32.1. The Bertz CT molecular complexity index is 246. The minimum Gasteiger partial charge on any atom is -0.490 e. The van der Waals surface area contributed by atoms with Crippen LogP contribution in [0.5, 0.6) is 0 Å². The number of esters is 2. The van der Waals surface area contributed by atoms with Crippen molar-refractivity contribution in [2.75, 3.05) is 28.4 Å². The van der Waals surface area contributed by atoms with Gasteiger partial charge in [0.1, 0.15) is 0 Å². The van der Waals surface area contributed by atoms with Crippen LogP contribution in [0.3, 0.4) is 0 Å². The number of thiocarbonyl (C=S) groups is 2. The molecule has 0 saturated heterocycles. The van der Waals surface area contributed by atoms with Gasteiger partial charge in [-0.25, -0.2) is 0 Å². The summed E-state index contributed by atoms with van der Waals surface area (Å²) in [5.41, 5.74) is 0. The molecule has 0 aromatic carbocycles. The Hall–Kier alpha value is -1.28.